The Morgan fingerprint density at radius 3 is 2.56 bits per heavy atom. The van der Waals surface area contributed by atoms with Crippen molar-refractivity contribution < 1.29 is 4.74 Å². The van der Waals surface area contributed by atoms with Crippen LogP contribution in [-0.4, -0.2) is 13.2 Å². The fourth-order valence-corrected chi connectivity index (χ4v) is 2.06. The third-order valence-electron chi connectivity index (χ3n) is 3.28. The molecule has 16 heavy (non-hydrogen) atoms. The zero-order valence-corrected chi connectivity index (χ0v) is 10.8. The van der Waals surface area contributed by atoms with Crippen molar-refractivity contribution in [2.24, 2.45) is 5.73 Å². The van der Waals surface area contributed by atoms with Gasteiger partial charge in [-0.25, -0.2) is 0 Å². The van der Waals surface area contributed by atoms with Gasteiger partial charge in [-0.2, -0.15) is 0 Å². The predicted octanol–water partition coefficient (Wildman–Crippen LogP) is 3.12. The summed E-state index contributed by atoms with van der Waals surface area (Å²) in [5.74, 6) is 0. The number of aryl methyl sites for hydroxylation is 1. The molecule has 0 fully saturated rings. The first-order chi connectivity index (χ1) is 7.61. The van der Waals surface area contributed by atoms with E-state index in [0.29, 0.717) is 0 Å². The molecule has 0 aliphatic heterocycles. The second kappa shape index (κ2) is 6.02. The largest absolute Gasteiger partial charge is 0.379 e. The lowest BCUT2D eigenvalue weighted by atomic mass is 9.93. The maximum Gasteiger partial charge on any atom is 0.0763 e. The highest BCUT2D eigenvalue weighted by atomic mass is 16.5. The normalized spacial score (nSPS) is 14.8. The van der Waals surface area contributed by atoms with E-state index in [1.54, 1.807) is 7.11 Å². The molecular weight excluding hydrogens is 198 g/mol. The van der Waals surface area contributed by atoms with E-state index in [1.807, 2.05) is 0 Å². The molecule has 1 rings (SSSR count). The van der Waals surface area contributed by atoms with Gasteiger partial charge in [0.25, 0.3) is 0 Å². The highest BCUT2D eigenvalue weighted by Crippen LogP contribution is 2.24. The van der Waals surface area contributed by atoms with Crippen LogP contribution < -0.4 is 5.73 Å². The average Bonchev–Trinajstić information content (AvgIpc) is 2.29. The molecule has 90 valence electrons. The van der Waals surface area contributed by atoms with Crippen LogP contribution in [0.3, 0.4) is 0 Å². The van der Waals surface area contributed by atoms with Crippen LogP contribution in [0.25, 0.3) is 0 Å². The van der Waals surface area contributed by atoms with E-state index in [4.69, 9.17) is 10.5 Å². The predicted molar refractivity (Wildman–Crippen MR) is 68.5 cm³/mol. The minimum absolute atomic E-state index is 0.0233. The zero-order valence-electron chi connectivity index (χ0n) is 10.8. The third-order valence-corrected chi connectivity index (χ3v) is 3.28. The fourth-order valence-electron chi connectivity index (χ4n) is 2.06. The van der Waals surface area contributed by atoms with Crippen LogP contribution in [0.1, 0.15) is 42.5 Å². The van der Waals surface area contributed by atoms with Crippen LogP contribution >= 0.6 is 0 Å². The molecule has 0 radical (unpaired) electrons. The quantitative estimate of drug-likeness (QED) is 0.829. The van der Waals surface area contributed by atoms with Crippen LogP contribution in [0.2, 0.25) is 0 Å². The number of ether oxygens (including phenoxy) is 1. The molecule has 2 N–H and O–H groups in total. The molecule has 1 aromatic carbocycles. The highest BCUT2D eigenvalue weighted by molar-refractivity contribution is 5.35. The summed E-state index contributed by atoms with van der Waals surface area (Å²) < 4.78 is 5.48. The van der Waals surface area contributed by atoms with Crippen molar-refractivity contribution in [3.8, 4) is 0 Å². The smallest absolute Gasteiger partial charge is 0.0763 e. The molecule has 0 heterocycles. The van der Waals surface area contributed by atoms with Gasteiger partial charge in [-0.3, -0.25) is 0 Å². The number of hydrogen-bond donors (Lipinski definition) is 1. The van der Waals surface area contributed by atoms with Crippen molar-refractivity contribution in [1.29, 1.82) is 0 Å². The molecule has 2 atom stereocenters. The summed E-state index contributed by atoms with van der Waals surface area (Å²) in [6.45, 7) is 6.40. The first-order valence-corrected chi connectivity index (χ1v) is 5.96. The van der Waals surface area contributed by atoms with Gasteiger partial charge in [-0.1, -0.05) is 31.5 Å². The molecule has 0 aromatic heterocycles. The van der Waals surface area contributed by atoms with Gasteiger partial charge >= 0.3 is 0 Å². The van der Waals surface area contributed by atoms with E-state index >= 15 is 0 Å². The van der Waals surface area contributed by atoms with Crippen LogP contribution in [-0.2, 0) is 4.74 Å². The first kappa shape index (κ1) is 13.2. The van der Waals surface area contributed by atoms with Gasteiger partial charge < -0.3 is 10.5 Å². The Hall–Kier alpha value is -0.860. The molecule has 0 bridgehead atoms. The molecule has 0 saturated heterocycles. The molecule has 2 unspecified atom stereocenters. The van der Waals surface area contributed by atoms with Gasteiger partial charge in [0, 0.05) is 7.11 Å². The lowest BCUT2D eigenvalue weighted by Crippen LogP contribution is -2.28. The molecule has 1 aromatic rings. The number of benzene rings is 1. The molecule has 2 nitrogen and oxygen atoms in total. The first-order valence-electron chi connectivity index (χ1n) is 5.96. The van der Waals surface area contributed by atoms with E-state index in [2.05, 4.69) is 39.0 Å². The van der Waals surface area contributed by atoms with Crippen LogP contribution in [0.4, 0.5) is 0 Å². The number of methoxy groups -OCH3 is 1. The van der Waals surface area contributed by atoms with Crippen molar-refractivity contribution in [3.63, 3.8) is 0 Å². The molecule has 0 spiro atoms. The second-order valence-corrected chi connectivity index (χ2v) is 4.38. The molecule has 0 saturated carbocycles. The third kappa shape index (κ3) is 2.83. The summed E-state index contributed by atoms with van der Waals surface area (Å²) >= 11 is 0. The van der Waals surface area contributed by atoms with Gasteiger partial charge in [0.2, 0.25) is 0 Å². The lowest BCUT2D eigenvalue weighted by Gasteiger charge is -2.24. The molecule has 2 heteroatoms. The monoisotopic (exact) mass is 221 g/mol. The van der Waals surface area contributed by atoms with Gasteiger partial charge in [-0.15, -0.1) is 0 Å². The van der Waals surface area contributed by atoms with Crippen molar-refractivity contribution >= 4 is 0 Å². The summed E-state index contributed by atoms with van der Waals surface area (Å²) in [4.78, 5) is 0. The van der Waals surface area contributed by atoms with Crippen molar-refractivity contribution in [1.82, 2.24) is 0 Å². The van der Waals surface area contributed by atoms with E-state index in [-0.39, 0.29) is 12.1 Å². The summed E-state index contributed by atoms with van der Waals surface area (Å²) in [6, 6.07) is 6.27. The number of nitrogens with two attached hydrogens (primary N) is 1. The average molecular weight is 221 g/mol. The standard InChI is InChI=1S/C14H23NO/c1-5-7-13(16-4)14(15)12-9-6-8-10(2)11(12)3/h6,8-9,13-14H,5,7,15H2,1-4H3. The Kier molecular flexibility index (Phi) is 4.97. The Morgan fingerprint density at radius 1 is 1.31 bits per heavy atom. The maximum atomic E-state index is 6.28. The summed E-state index contributed by atoms with van der Waals surface area (Å²) in [5, 5.41) is 0. The van der Waals surface area contributed by atoms with E-state index < -0.39 is 0 Å². The Morgan fingerprint density at radius 2 is 2.00 bits per heavy atom. The fraction of sp³-hybridized carbons (Fsp3) is 0.571. The SMILES string of the molecule is CCCC(OC)C(N)c1cccc(C)c1C. The maximum absolute atomic E-state index is 6.28. The second-order valence-electron chi connectivity index (χ2n) is 4.38. The van der Waals surface area contributed by atoms with Gasteiger partial charge in [0.1, 0.15) is 0 Å². The van der Waals surface area contributed by atoms with Gasteiger partial charge in [0.15, 0.2) is 0 Å². The van der Waals surface area contributed by atoms with Crippen molar-refractivity contribution in [2.75, 3.05) is 7.11 Å². The Balaban J connectivity index is 2.94. The summed E-state index contributed by atoms with van der Waals surface area (Å²) in [6.07, 6.45) is 2.22. The van der Waals surface area contributed by atoms with E-state index in [1.165, 1.54) is 16.7 Å². The molecule has 0 aliphatic carbocycles. The van der Waals surface area contributed by atoms with E-state index in [0.717, 1.165) is 12.8 Å². The van der Waals surface area contributed by atoms with E-state index in [9.17, 15) is 0 Å². The van der Waals surface area contributed by atoms with Gasteiger partial charge in [-0.05, 0) is 37.0 Å². The number of hydrogen-bond acceptors (Lipinski definition) is 2. The minimum Gasteiger partial charge on any atom is -0.379 e. The Labute approximate surface area is 98.8 Å². The van der Waals surface area contributed by atoms with Crippen molar-refractivity contribution in [3.05, 3.63) is 34.9 Å². The van der Waals surface area contributed by atoms with Crippen LogP contribution in [0.15, 0.2) is 18.2 Å². The van der Waals surface area contributed by atoms with Crippen LogP contribution in [0, 0.1) is 13.8 Å². The van der Waals surface area contributed by atoms with Crippen molar-refractivity contribution in [2.45, 2.75) is 45.8 Å². The summed E-state index contributed by atoms with van der Waals surface area (Å²) in [5.41, 5.74) is 10.1. The minimum atomic E-state index is -0.0233. The molecule has 0 amide bonds. The topological polar surface area (TPSA) is 35.2 Å². The molecule has 0 aliphatic rings. The van der Waals surface area contributed by atoms with Gasteiger partial charge in [0.05, 0.1) is 12.1 Å². The van der Waals surface area contributed by atoms with Crippen LogP contribution in [0.5, 0.6) is 0 Å². The summed E-state index contributed by atoms with van der Waals surface area (Å²) in [7, 11) is 1.74. The lowest BCUT2D eigenvalue weighted by molar-refractivity contribution is 0.0723. The number of rotatable bonds is 5. The highest BCUT2D eigenvalue weighted by Gasteiger charge is 2.19. The molecular formula is C14H23NO. The zero-order chi connectivity index (χ0) is 12.1. The Bertz CT molecular complexity index is 336.